The summed E-state index contributed by atoms with van der Waals surface area (Å²) in [7, 11) is 0. The van der Waals surface area contributed by atoms with Crippen LogP contribution in [0.15, 0.2) is 69.5 Å². The number of rotatable bonds is 4. The molecule has 11 heteroatoms. The van der Waals surface area contributed by atoms with E-state index >= 15 is 0 Å². The Bertz CT molecular complexity index is 1320. The minimum Gasteiger partial charge on any atom is -0.508 e. The molecule has 0 fully saturated rings. The molecule has 0 unspecified atom stereocenters. The van der Waals surface area contributed by atoms with Crippen LogP contribution in [-0.2, 0) is 0 Å². The Morgan fingerprint density at radius 3 is 2.77 bits per heavy atom. The van der Waals surface area contributed by atoms with Crippen molar-refractivity contribution in [2.24, 2.45) is 4.99 Å². The number of carbonyl (C=O) groups excluding carboxylic acids is 1. The molecule has 7 nitrogen and oxygen atoms in total. The first-order valence-electron chi connectivity index (χ1n) is 8.65. The summed E-state index contributed by atoms with van der Waals surface area (Å²) < 4.78 is 47.1. The average Bonchev–Trinajstić information content (AvgIpc) is 3.19. The van der Waals surface area contributed by atoms with Gasteiger partial charge in [-0.1, -0.05) is 6.07 Å². The topological polar surface area (TPSA) is 97.0 Å². The van der Waals surface area contributed by atoms with Gasteiger partial charge >= 0.3 is 6.36 Å². The molecule has 0 aliphatic heterocycles. The number of phenolic OH excluding ortho intramolecular Hbond substituents is 1. The molecule has 0 aliphatic rings. The van der Waals surface area contributed by atoms with Gasteiger partial charge in [-0.2, -0.15) is 0 Å². The lowest BCUT2D eigenvalue weighted by Crippen LogP contribution is -2.21. The van der Waals surface area contributed by atoms with Crippen LogP contribution in [0.4, 0.5) is 24.0 Å². The zero-order valence-electron chi connectivity index (χ0n) is 15.4. The number of halogens is 3. The van der Waals surface area contributed by atoms with Crippen molar-refractivity contribution >= 4 is 39.0 Å². The fourth-order valence-corrected chi connectivity index (χ4v) is 3.19. The molecule has 1 amide bonds. The van der Waals surface area contributed by atoms with Crippen LogP contribution in [0.1, 0.15) is 10.4 Å². The van der Waals surface area contributed by atoms with Gasteiger partial charge in [0.25, 0.3) is 5.91 Å². The van der Waals surface area contributed by atoms with Gasteiger partial charge in [0.2, 0.25) is 5.55 Å². The Morgan fingerprint density at radius 2 is 2.03 bits per heavy atom. The summed E-state index contributed by atoms with van der Waals surface area (Å²) in [5.74, 6) is -1.11. The van der Waals surface area contributed by atoms with Crippen molar-refractivity contribution in [2.75, 3.05) is 5.32 Å². The zero-order valence-corrected chi connectivity index (χ0v) is 16.2. The SMILES string of the molecule is O=C(Nc1nccs1)c1cc2ccc(O)cc2oc1=Nc1cccc(OC(F)(F)F)c1. The van der Waals surface area contributed by atoms with Crippen LogP contribution >= 0.6 is 11.3 Å². The Kier molecular flexibility index (Phi) is 5.34. The van der Waals surface area contributed by atoms with E-state index in [1.54, 1.807) is 11.4 Å². The number of alkyl halides is 3. The monoisotopic (exact) mass is 447 g/mol. The lowest BCUT2D eigenvalue weighted by atomic mass is 10.1. The van der Waals surface area contributed by atoms with Gasteiger partial charge in [0.05, 0.1) is 5.69 Å². The van der Waals surface area contributed by atoms with Gasteiger partial charge in [0.1, 0.15) is 22.6 Å². The van der Waals surface area contributed by atoms with Gasteiger partial charge in [-0.3, -0.25) is 10.1 Å². The van der Waals surface area contributed by atoms with Crippen LogP contribution in [0.2, 0.25) is 0 Å². The number of phenols is 1. The van der Waals surface area contributed by atoms with Crippen molar-refractivity contribution in [3.63, 3.8) is 0 Å². The number of anilines is 1. The van der Waals surface area contributed by atoms with Crippen LogP contribution < -0.4 is 15.6 Å². The van der Waals surface area contributed by atoms with E-state index < -0.39 is 18.0 Å². The maximum absolute atomic E-state index is 12.8. The number of hydrogen-bond acceptors (Lipinski definition) is 7. The summed E-state index contributed by atoms with van der Waals surface area (Å²) in [6, 6.07) is 10.7. The van der Waals surface area contributed by atoms with Crippen LogP contribution in [0.3, 0.4) is 0 Å². The third kappa shape index (κ3) is 5.01. The second-order valence-corrected chi connectivity index (χ2v) is 7.03. The number of thiazole rings is 1. The first-order valence-corrected chi connectivity index (χ1v) is 9.53. The largest absolute Gasteiger partial charge is 0.573 e. The molecule has 31 heavy (non-hydrogen) atoms. The molecule has 0 radical (unpaired) electrons. The lowest BCUT2D eigenvalue weighted by Gasteiger charge is -2.09. The van der Waals surface area contributed by atoms with E-state index in [0.29, 0.717) is 10.5 Å². The number of fused-ring (bicyclic) bond motifs is 1. The zero-order chi connectivity index (χ0) is 22.0. The van der Waals surface area contributed by atoms with Gasteiger partial charge in [-0.25, -0.2) is 9.98 Å². The molecular weight excluding hydrogens is 435 g/mol. The summed E-state index contributed by atoms with van der Waals surface area (Å²) in [5, 5.41) is 14.9. The molecule has 2 N–H and O–H groups in total. The van der Waals surface area contributed by atoms with E-state index in [1.807, 2.05) is 0 Å². The summed E-state index contributed by atoms with van der Waals surface area (Å²) in [6.07, 6.45) is -3.34. The normalized spacial score (nSPS) is 12.2. The molecule has 0 saturated heterocycles. The van der Waals surface area contributed by atoms with Gasteiger partial charge in [0.15, 0.2) is 5.13 Å². The second-order valence-electron chi connectivity index (χ2n) is 6.14. The number of aromatic hydroxyl groups is 1. The molecule has 2 aromatic carbocycles. The summed E-state index contributed by atoms with van der Waals surface area (Å²) >= 11 is 1.21. The predicted molar refractivity (Wildman–Crippen MR) is 106 cm³/mol. The third-order valence-electron chi connectivity index (χ3n) is 3.91. The maximum atomic E-state index is 12.8. The van der Waals surface area contributed by atoms with Crippen LogP contribution in [0.25, 0.3) is 11.0 Å². The summed E-state index contributed by atoms with van der Waals surface area (Å²) in [4.78, 5) is 21.0. The van der Waals surface area contributed by atoms with Crippen molar-refractivity contribution in [3.8, 4) is 11.5 Å². The number of benzene rings is 2. The first-order chi connectivity index (χ1) is 14.8. The van der Waals surface area contributed by atoms with E-state index in [9.17, 15) is 23.1 Å². The fraction of sp³-hybridized carbons (Fsp3) is 0.0500. The highest BCUT2D eigenvalue weighted by atomic mass is 32.1. The van der Waals surface area contributed by atoms with E-state index in [-0.39, 0.29) is 28.1 Å². The standard InChI is InChI=1S/C20H12F3N3O4S/c21-20(22,23)30-14-3-1-2-12(9-14)25-18-15(17(28)26-19-24-6-7-31-19)8-11-4-5-13(27)10-16(11)29-18/h1-10,27H,(H,24,26,28). The highest BCUT2D eigenvalue weighted by Gasteiger charge is 2.31. The molecule has 4 aromatic rings. The number of nitrogens with zero attached hydrogens (tertiary/aromatic N) is 2. The van der Waals surface area contributed by atoms with Crippen LogP contribution in [0, 0.1) is 0 Å². The molecular formula is C20H12F3N3O4S. The highest BCUT2D eigenvalue weighted by Crippen LogP contribution is 2.26. The minimum atomic E-state index is -4.86. The van der Waals surface area contributed by atoms with Crippen molar-refractivity contribution in [2.45, 2.75) is 6.36 Å². The summed E-state index contributed by atoms with van der Waals surface area (Å²) in [5.41, 5.74) is 0.146. The van der Waals surface area contributed by atoms with Gasteiger partial charge in [0, 0.05) is 29.1 Å². The Balaban J connectivity index is 1.83. The summed E-state index contributed by atoms with van der Waals surface area (Å²) in [6.45, 7) is 0. The quantitative estimate of drug-likeness (QED) is 0.460. The van der Waals surface area contributed by atoms with Gasteiger partial charge in [-0.15, -0.1) is 24.5 Å². The Morgan fingerprint density at radius 1 is 1.19 bits per heavy atom. The second kappa shape index (κ2) is 8.11. The fourth-order valence-electron chi connectivity index (χ4n) is 2.67. The number of amides is 1. The van der Waals surface area contributed by atoms with Gasteiger partial charge < -0.3 is 14.3 Å². The molecule has 0 aliphatic carbocycles. The molecule has 0 saturated carbocycles. The van der Waals surface area contributed by atoms with Crippen LogP contribution in [0.5, 0.6) is 11.5 Å². The maximum Gasteiger partial charge on any atom is 0.573 e. The Hall–Kier alpha value is -3.86. The molecule has 0 atom stereocenters. The third-order valence-corrected chi connectivity index (χ3v) is 4.60. The van der Waals surface area contributed by atoms with Crippen molar-refractivity contribution in [1.29, 1.82) is 0 Å². The van der Waals surface area contributed by atoms with E-state index in [4.69, 9.17) is 4.42 Å². The van der Waals surface area contributed by atoms with Crippen molar-refractivity contribution < 1.29 is 32.2 Å². The smallest absolute Gasteiger partial charge is 0.508 e. The number of carbonyl (C=O) groups is 1. The number of aromatic nitrogens is 1. The molecule has 4 rings (SSSR count). The number of ether oxygens (including phenoxy) is 1. The van der Waals surface area contributed by atoms with Crippen LogP contribution in [-0.4, -0.2) is 22.4 Å². The first kappa shape index (κ1) is 20.4. The predicted octanol–water partition coefficient (Wildman–Crippen LogP) is 4.98. The molecule has 158 valence electrons. The van der Waals surface area contributed by atoms with E-state index in [2.05, 4.69) is 20.0 Å². The Labute approximate surface area is 176 Å². The van der Waals surface area contributed by atoms with Gasteiger partial charge in [-0.05, 0) is 30.3 Å². The number of nitrogens with one attached hydrogen (secondary N) is 1. The molecule has 2 aromatic heterocycles. The van der Waals surface area contributed by atoms with E-state index in [0.717, 1.165) is 12.1 Å². The van der Waals surface area contributed by atoms with E-state index in [1.165, 1.54) is 47.9 Å². The molecule has 0 spiro atoms. The highest BCUT2D eigenvalue weighted by molar-refractivity contribution is 7.13. The van der Waals surface area contributed by atoms with Crippen molar-refractivity contribution in [3.05, 3.63) is 71.2 Å². The minimum absolute atomic E-state index is 0.0236. The number of hydrogen-bond donors (Lipinski definition) is 2. The molecule has 0 bridgehead atoms. The van der Waals surface area contributed by atoms with Crippen molar-refractivity contribution in [1.82, 2.24) is 4.98 Å². The average molecular weight is 447 g/mol. The lowest BCUT2D eigenvalue weighted by molar-refractivity contribution is -0.274. The molecule has 2 heterocycles.